The maximum atomic E-state index is 12.8. The Labute approximate surface area is 163 Å². The zero-order valence-corrected chi connectivity index (χ0v) is 16.4. The number of aryl methyl sites for hydroxylation is 2. The van der Waals surface area contributed by atoms with Crippen LogP contribution < -0.4 is 14.8 Å². The van der Waals surface area contributed by atoms with Crippen molar-refractivity contribution in [1.82, 2.24) is 10.2 Å². The predicted molar refractivity (Wildman–Crippen MR) is 106 cm³/mol. The molecule has 146 valence electrons. The van der Waals surface area contributed by atoms with Gasteiger partial charge in [-0.25, -0.2) is 8.42 Å². The highest BCUT2D eigenvalue weighted by Gasteiger charge is 2.20. The summed E-state index contributed by atoms with van der Waals surface area (Å²) in [7, 11) is -2.35. The maximum absolute atomic E-state index is 12.8. The van der Waals surface area contributed by atoms with Gasteiger partial charge in [0.25, 0.3) is 15.9 Å². The molecule has 3 aromatic rings. The van der Waals surface area contributed by atoms with Crippen molar-refractivity contribution in [1.29, 1.82) is 0 Å². The third-order valence-corrected chi connectivity index (χ3v) is 5.55. The summed E-state index contributed by atoms with van der Waals surface area (Å²) >= 11 is 0. The van der Waals surface area contributed by atoms with Gasteiger partial charge < -0.3 is 10.1 Å². The van der Waals surface area contributed by atoms with E-state index in [4.69, 9.17) is 4.74 Å². The Morgan fingerprint density at radius 1 is 1.07 bits per heavy atom. The molecular weight excluding hydrogens is 380 g/mol. The average Bonchev–Trinajstić information content (AvgIpc) is 3.07. The van der Waals surface area contributed by atoms with Gasteiger partial charge in [-0.1, -0.05) is 6.07 Å². The van der Waals surface area contributed by atoms with Crippen molar-refractivity contribution in [2.75, 3.05) is 17.1 Å². The third-order valence-electron chi connectivity index (χ3n) is 4.03. The maximum Gasteiger partial charge on any atom is 0.262 e. The van der Waals surface area contributed by atoms with Crippen LogP contribution in [0.5, 0.6) is 5.75 Å². The van der Waals surface area contributed by atoms with Gasteiger partial charge in [0.15, 0.2) is 5.82 Å². The van der Waals surface area contributed by atoms with E-state index < -0.39 is 15.9 Å². The highest BCUT2D eigenvalue weighted by atomic mass is 32.2. The van der Waals surface area contributed by atoms with E-state index in [0.29, 0.717) is 22.8 Å². The zero-order chi connectivity index (χ0) is 20.3. The van der Waals surface area contributed by atoms with Crippen LogP contribution in [0.1, 0.15) is 21.6 Å². The van der Waals surface area contributed by atoms with Crippen LogP contribution in [-0.4, -0.2) is 31.6 Å². The molecule has 8 nitrogen and oxygen atoms in total. The summed E-state index contributed by atoms with van der Waals surface area (Å²) in [6, 6.07) is 12.7. The van der Waals surface area contributed by atoms with Crippen molar-refractivity contribution in [3.63, 3.8) is 0 Å². The van der Waals surface area contributed by atoms with Gasteiger partial charge in [0, 0.05) is 23.0 Å². The van der Waals surface area contributed by atoms with Crippen molar-refractivity contribution < 1.29 is 17.9 Å². The minimum atomic E-state index is -3.88. The van der Waals surface area contributed by atoms with Crippen LogP contribution in [0.15, 0.2) is 53.4 Å². The lowest BCUT2D eigenvalue weighted by Gasteiger charge is -2.12. The normalized spacial score (nSPS) is 11.1. The molecule has 0 saturated heterocycles. The molecule has 0 radical (unpaired) electrons. The number of hydrogen-bond acceptors (Lipinski definition) is 5. The summed E-state index contributed by atoms with van der Waals surface area (Å²) in [5.74, 6) is 0.530. The van der Waals surface area contributed by atoms with Gasteiger partial charge in [-0.05, 0) is 55.8 Å². The number of nitrogens with zero attached hydrogens (tertiary/aromatic N) is 1. The van der Waals surface area contributed by atoms with Crippen LogP contribution in [0.3, 0.4) is 0 Å². The second-order valence-electron chi connectivity index (χ2n) is 6.20. The molecule has 3 N–H and O–H groups in total. The van der Waals surface area contributed by atoms with Crippen LogP contribution in [0, 0.1) is 13.8 Å². The van der Waals surface area contributed by atoms with Crippen LogP contribution in [-0.2, 0) is 10.0 Å². The Balaban J connectivity index is 1.85. The number of benzene rings is 2. The molecule has 0 bridgehead atoms. The highest BCUT2D eigenvalue weighted by molar-refractivity contribution is 7.92. The monoisotopic (exact) mass is 400 g/mol. The molecule has 0 fully saturated rings. The highest BCUT2D eigenvalue weighted by Crippen LogP contribution is 2.23. The van der Waals surface area contributed by atoms with Gasteiger partial charge in [-0.3, -0.25) is 14.6 Å². The topological polar surface area (TPSA) is 113 Å². The number of carbonyl (C=O) groups excluding carboxylic acids is 1. The minimum absolute atomic E-state index is 0.0224. The molecule has 0 atom stereocenters. The molecule has 3 rings (SSSR count). The lowest BCUT2D eigenvalue weighted by atomic mass is 10.1. The Bertz CT molecular complexity index is 1110. The molecule has 1 amide bonds. The lowest BCUT2D eigenvalue weighted by molar-refractivity contribution is 0.102. The van der Waals surface area contributed by atoms with E-state index in [9.17, 15) is 13.2 Å². The Hall–Kier alpha value is -3.33. The number of sulfonamides is 1. The first-order chi connectivity index (χ1) is 13.3. The number of aromatic amines is 1. The van der Waals surface area contributed by atoms with Gasteiger partial charge in [0.2, 0.25) is 0 Å². The van der Waals surface area contributed by atoms with Crippen molar-refractivity contribution in [3.8, 4) is 5.75 Å². The van der Waals surface area contributed by atoms with Crippen LogP contribution in [0.4, 0.5) is 11.5 Å². The predicted octanol–water partition coefficient (Wildman–Crippen LogP) is 3.09. The fourth-order valence-electron chi connectivity index (χ4n) is 2.57. The first kappa shape index (κ1) is 19.4. The molecule has 0 aliphatic carbocycles. The molecule has 2 aromatic carbocycles. The van der Waals surface area contributed by atoms with Crippen LogP contribution in [0.25, 0.3) is 0 Å². The fourth-order valence-corrected chi connectivity index (χ4v) is 3.90. The quantitative estimate of drug-likeness (QED) is 0.588. The van der Waals surface area contributed by atoms with Gasteiger partial charge in [-0.2, -0.15) is 5.10 Å². The van der Waals surface area contributed by atoms with E-state index in [1.165, 1.54) is 13.2 Å². The second-order valence-corrected chi connectivity index (χ2v) is 7.86. The minimum Gasteiger partial charge on any atom is -0.497 e. The molecule has 0 unspecified atom stereocenters. The number of nitrogens with one attached hydrogen (secondary N) is 3. The first-order valence-corrected chi connectivity index (χ1v) is 9.88. The summed E-state index contributed by atoms with van der Waals surface area (Å²) < 4.78 is 33.2. The SMILES string of the molecule is COc1ccc(NS(=O)(=O)c2cc(C(=O)Nc3cc(C)[nH]n3)ccc2C)cc1. The van der Waals surface area contributed by atoms with E-state index in [1.54, 1.807) is 49.4 Å². The lowest BCUT2D eigenvalue weighted by Crippen LogP contribution is -2.17. The fraction of sp³-hybridized carbons (Fsp3) is 0.158. The first-order valence-electron chi connectivity index (χ1n) is 8.39. The molecule has 0 spiro atoms. The number of aromatic nitrogens is 2. The number of carbonyl (C=O) groups is 1. The number of rotatable bonds is 6. The molecule has 28 heavy (non-hydrogen) atoms. The standard InChI is InChI=1S/C19H20N4O4S/c1-12-4-5-14(19(24)20-18-10-13(2)21-22-18)11-17(12)28(25,26)23-15-6-8-16(27-3)9-7-15/h4-11,23H,1-3H3,(H2,20,21,22,24). The van der Waals surface area contributed by atoms with E-state index >= 15 is 0 Å². The van der Waals surface area contributed by atoms with E-state index in [0.717, 1.165) is 5.69 Å². The smallest absolute Gasteiger partial charge is 0.262 e. The van der Waals surface area contributed by atoms with E-state index in [-0.39, 0.29) is 10.5 Å². The van der Waals surface area contributed by atoms with E-state index in [2.05, 4.69) is 20.2 Å². The van der Waals surface area contributed by atoms with Crippen molar-refractivity contribution in [2.24, 2.45) is 0 Å². The summed E-state index contributed by atoms with van der Waals surface area (Å²) in [5.41, 5.74) is 1.92. The summed E-state index contributed by atoms with van der Waals surface area (Å²) in [5, 5.41) is 9.30. The molecule has 1 aromatic heterocycles. The molecule has 0 aliphatic heterocycles. The number of methoxy groups -OCH3 is 1. The number of anilines is 2. The van der Waals surface area contributed by atoms with Gasteiger partial charge in [0.05, 0.1) is 12.0 Å². The van der Waals surface area contributed by atoms with Crippen molar-refractivity contribution >= 4 is 27.4 Å². The number of H-pyrrole nitrogens is 1. The molecule has 9 heteroatoms. The van der Waals surface area contributed by atoms with Crippen molar-refractivity contribution in [3.05, 3.63) is 65.4 Å². The molecular formula is C19H20N4O4S. The summed E-state index contributed by atoms with van der Waals surface area (Å²) in [6.45, 7) is 3.48. The number of amides is 1. The number of hydrogen-bond donors (Lipinski definition) is 3. The third kappa shape index (κ3) is 4.32. The summed E-state index contributed by atoms with van der Waals surface area (Å²) in [4.78, 5) is 12.5. The van der Waals surface area contributed by atoms with Gasteiger partial charge in [0.1, 0.15) is 5.75 Å². The largest absolute Gasteiger partial charge is 0.497 e. The molecule has 0 aliphatic rings. The van der Waals surface area contributed by atoms with Crippen molar-refractivity contribution in [2.45, 2.75) is 18.7 Å². The molecule has 0 saturated carbocycles. The van der Waals surface area contributed by atoms with Gasteiger partial charge >= 0.3 is 0 Å². The average molecular weight is 400 g/mol. The Morgan fingerprint density at radius 3 is 2.39 bits per heavy atom. The van der Waals surface area contributed by atoms with Crippen LogP contribution >= 0.6 is 0 Å². The zero-order valence-electron chi connectivity index (χ0n) is 15.6. The summed E-state index contributed by atoms with van der Waals surface area (Å²) in [6.07, 6.45) is 0. The number of ether oxygens (including phenoxy) is 1. The van der Waals surface area contributed by atoms with Gasteiger partial charge in [-0.15, -0.1) is 0 Å². The van der Waals surface area contributed by atoms with Crippen LogP contribution in [0.2, 0.25) is 0 Å². The van der Waals surface area contributed by atoms with E-state index in [1.807, 2.05) is 6.92 Å². The molecule has 1 heterocycles. The Morgan fingerprint density at radius 2 is 1.79 bits per heavy atom. The second kappa shape index (κ2) is 7.73. The Kier molecular flexibility index (Phi) is 5.36.